The molecule has 0 amide bonds. The summed E-state index contributed by atoms with van der Waals surface area (Å²) in [6.07, 6.45) is -2.68. The predicted octanol–water partition coefficient (Wildman–Crippen LogP) is 2.89. The Labute approximate surface area is 87.2 Å². The second kappa shape index (κ2) is 4.30. The Morgan fingerprint density at radius 3 is 2.69 bits per heavy atom. The molecule has 0 aliphatic rings. The summed E-state index contributed by atoms with van der Waals surface area (Å²) in [7, 11) is 0. The number of rotatable bonds is 2. The number of nitrogens with two attached hydrogens (primary N) is 1. The van der Waals surface area contributed by atoms with Gasteiger partial charge < -0.3 is 5.73 Å². The van der Waals surface area contributed by atoms with E-state index in [-0.39, 0.29) is 11.6 Å². The summed E-state index contributed by atoms with van der Waals surface area (Å²) in [6, 6.07) is 1.37. The molecular formula is C7H6BrClF2N2. The molecule has 1 heterocycles. The van der Waals surface area contributed by atoms with E-state index in [1.807, 2.05) is 0 Å². The minimum Gasteiger partial charge on any atom is -0.325 e. The maximum atomic E-state index is 12.3. The molecule has 72 valence electrons. The number of alkyl halides is 2. The van der Waals surface area contributed by atoms with E-state index in [1.54, 1.807) is 0 Å². The number of halogens is 4. The number of hydrogen-bond acceptors (Lipinski definition) is 2. The maximum absolute atomic E-state index is 12.3. The van der Waals surface area contributed by atoms with Crippen LogP contribution in [0.5, 0.6) is 0 Å². The molecular weight excluding hydrogens is 265 g/mol. The van der Waals surface area contributed by atoms with Crippen LogP contribution in [0, 0.1) is 0 Å². The van der Waals surface area contributed by atoms with Crippen LogP contribution in [0.15, 0.2) is 10.5 Å². The topological polar surface area (TPSA) is 38.9 Å². The monoisotopic (exact) mass is 270 g/mol. The van der Waals surface area contributed by atoms with E-state index >= 15 is 0 Å². The molecule has 0 aliphatic carbocycles. The molecule has 0 saturated carbocycles. The predicted molar refractivity (Wildman–Crippen MR) is 49.8 cm³/mol. The molecule has 0 aliphatic heterocycles. The van der Waals surface area contributed by atoms with Gasteiger partial charge in [-0.05, 0) is 22.0 Å². The molecule has 0 saturated heterocycles. The van der Waals surface area contributed by atoms with Crippen molar-refractivity contribution in [3.05, 3.63) is 26.9 Å². The summed E-state index contributed by atoms with van der Waals surface area (Å²) >= 11 is 8.66. The summed E-state index contributed by atoms with van der Waals surface area (Å²) < 4.78 is 25.1. The third-order valence-electron chi connectivity index (χ3n) is 1.43. The van der Waals surface area contributed by atoms with Crippen LogP contribution in [0.25, 0.3) is 0 Å². The van der Waals surface area contributed by atoms with E-state index in [0.717, 1.165) is 0 Å². The van der Waals surface area contributed by atoms with Gasteiger partial charge in [-0.1, -0.05) is 11.6 Å². The summed E-state index contributed by atoms with van der Waals surface area (Å²) in [5.41, 5.74) is 5.24. The lowest BCUT2D eigenvalue weighted by molar-refractivity contribution is 0.146. The fourth-order valence-corrected chi connectivity index (χ4v) is 1.66. The highest BCUT2D eigenvalue weighted by molar-refractivity contribution is 9.10. The van der Waals surface area contributed by atoms with E-state index < -0.39 is 12.1 Å². The van der Waals surface area contributed by atoms with Crippen LogP contribution in [0.4, 0.5) is 8.78 Å². The van der Waals surface area contributed by atoms with Crippen molar-refractivity contribution in [2.75, 3.05) is 0 Å². The van der Waals surface area contributed by atoms with Gasteiger partial charge in [0.05, 0.1) is 10.7 Å². The quantitative estimate of drug-likeness (QED) is 0.898. The summed E-state index contributed by atoms with van der Waals surface area (Å²) in [5, 5.41) is -0.0564. The van der Waals surface area contributed by atoms with Gasteiger partial charge in [0.25, 0.3) is 6.43 Å². The van der Waals surface area contributed by atoms with Crippen LogP contribution in [0.1, 0.15) is 17.8 Å². The zero-order chi connectivity index (χ0) is 10.0. The van der Waals surface area contributed by atoms with Crippen LogP contribution in [-0.2, 0) is 6.54 Å². The molecule has 2 N–H and O–H groups in total. The van der Waals surface area contributed by atoms with Gasteiger partial charge in [-0.15, -0.1) is 0 Å². The van der Waals surface area contributed by atoms with Crippen molar-refractivity contribution >= 4 is 27.5 Å². The van der Waals surface area contributed by atoms with Crippen LogP contribution in [-0.4, -0.2) is 4.98 Å². The Hall–Kier alpha value is -0.260. The molecule has 13 heavy (non-hydrogen) atoms. The molecule has 0 fully saturated rings. The summed E-state index contributed by atoms with van der Waals surface area (Å²) in [4.78, 5) is 3.64. The number of aromatic nitrogens is 1. The van der Waals surface area contributed by atoms with Crippen LogP contribution in [0.3, 0.4) is 0 Å². The van der Waals surface area contributed by atoms with Crippen LogP contribution < -0.4 is 5.73 Å². The Bertz CT molecular complexity index is 320. The van der Waals surface area contributed by atoms with Gasteiger partial charge in [0, 0.05) is 11.0 Å². The molecule has 1 rings (SSSR count). The smallest absolute Gasteiger partial charge is 0.281 e. The fraction of sp³-hybridized carbons (Fsp3) is 0.286. The highest BCUT2D eigenvalue weighted by atomic mass is 79.9. The molecule has 1 aromatic heterocycles. The van der Waals surface area contributed by atoms with Gasteiger partial charge in [0.1, 0.15) is 5.69 Å². The summed E-state index contributed by atoms with van der Waals surface area (Å²) in [5.74, 6) is 0. The first-order valence-electron chi connectivity index (χ1n) is 3.39. The zero-order valence-electron chi connectivity index (χ0n) is 6.40. The number of pyridine rings is 1. The van der Waals surface area contributed by atoms with Crippen LogP contribution >= 0.6 is 27.5 Å². The molecule has 0 bridgehead atoms. The molecule has 0 spiro atoms. The van der Waals surface area contributed by atoms with Crippen molar-refractivity contribution in [1.82, 2.24) is 4.98 Å². The first-order chi connectivity index (χ1) is 6.06. The lowest BCUT2D eigenvalue weighted by Crippen LogP contribution is -2.04. The zero-order valence-corrected chi connectivity index (χ0v) is 8.74. The first-order valence-corrected chi connectivity index (χ1v) is 4.56. The average Bonchev–Trinajstić information content (AvgIpc) is 2.03. The highest BCUT2D eigenvalue weighted by Crippen LogP contribution is 2.29. The largest absolute Gasteiger partial charge is 0.325 e. The van der Waals surface area contributed by atoms with Gasteiger partial charge in [-0.2, -0.15) is 0 Å². The van der Waals surface area contributed by atoms with Gasteiger partial charge in [0.2, 0.25) is 0 Å². The maximum Gasteiger partial charge on any atom is 0.281 e. The van der Waals surface area contributed by atoms with Gasteiger partial charge >= 0.3 is 0 Å². The van der Waals surface area contributed by atoms with Crippen molar-refractivity contribution in [3.8, 4) is 0 Å². The number of nitrogens with zero attached hydrogens (tertiary/aromatic N) is 1. The fourth-order valence-electron chi connectivity index (χ4n) is 0.817. The second-order valence-corrected chi connectivity index (χ2v) is 3.55. The van der Waals surface area contributed by atoms with Crippen molar-refractivity contribution in [1.29, 1.82) is 0 Å². The molecule has 2 nitrogen and oxygen atoms in total. The SMILES string of the molecule is NCc1nc(C(F)F)c(Cl)cc1Br. The third kappa shape index (κ3) is 2.36. The second-order valence-electron chi connectivity index (χ2n) is 2.29. The molecule has 0 aromatic carbocycles. The lowest BCUT2D eigenvalue weighted by Gasteiger charge is -2.06. The van der Waals surface area contributed by atoms with E-state index in [4.69, 9.17) is 17.3 Å². The van der Waals surface area contributed by atoms with Gasteiger partial charge in [0.15, 0.2) is 0 Å². The van der Waals surface area contributed by atoms with Gasteiger partial charge in [-0.25, -0.2) is 13.8 Å². The standard InChI is InChI=1S/C7H6BrClF2N2/c8-3-1-4(9)6(7(10)11)13-5(3)2-12/h1,7H,2,12H2. The summed E-state index contributed by atoms with van der Waals surface area (Å²) in [6.45, 7) is 0.0947. The highest BCUT2D eigenvalue weighted by Gasteiger charge is 2.16. The minimum atomic E-state index is -2.68. The van der Waals surface area contributed by atoms with Crippen molar-refractivity contribution in [3.63, 3.8) is 0 Å². The molecule has 0 atom stereocenters. The Morgan fingerprint density at radius 2 is 2.23 bits per heavy atom. The van der Waals surface area contributed by atoms with Crippen molar-refractivity contribution in [2.45, 2.75) is 13.0 Å². The van der Waals surface area contributed by atoms with Gasteiger partial charge in [-0.3, -0.25) is 0 Å². The van der Waals surface area contributed by atoms with E-state index in [0.29, 0.717) is 10.2 Å². The minimum absolute atomic E-state index is 0.0564. The average molecular weight is 271 g/mol. The van der Waals surface area contributed by atoms with E-state index in [1.165, 1.54) is 6.07 Å². The molecule has 6 heteroatoms. The number of hydrogen-bond donors (Lipinski definition) is 1. The van der Waals surface area contributed by atoms with Crippen LogP contribution in [0.2, 0.25) is 5.02 Å². The normalized spacial score (nSPS) is 10.9. The third-order valence-corrected chi connectivity index (χ3v) is 2.42. The van der Waals surface area contributed by atoms with Crippen molar-refractivity contribution in [2.24, 2.45) is 5.73 Å². The Balaban J connectivity index is 3.22. The molecule has 1 aromatic rings. The van der Waals surface area contributed by atoms with E-state index in [9.17, 15) is 8.78 Å². The molecule has 0 radical (unpaired) electrons. The molecule has 0 unspecified atom stereocenters. The Kier molecular flexibility index (Phi) is 3.58. The Morgan fingerprint density at radius 1 is 1.62 bits per heavy atom. The lowest BCUT2D eigenvalue weighted by atomic mass is 10.3. The first kappa shape index (κ1) is 10.8. The van der Waals surface area contributed by atoms with E-state index in [2.05, 4.69) is 20.9 Å². The van der Waals surface area contributed by atoms with Crippen molar-refractivity contribution < 1.29 is 8.78 Å².